The summed E-state index contributed by atoms with van der Waals surface area (Å²) >= 11 is 0. The molecule has 2 saturated heterocycles. The lowest BCUT2D eigenvalue weighted by atomic mass is 9.60. The summed E-state index contributed by atoms with van der Waals surface area (Å²) in [6, 6.07) is 14.1. The molecule has 1 N–H and O–H groups in total. The van der Waals surface area contributed by atoms with Gasteiger partial charge in [-0.1, -0.05) is 36.4 Å². The Labute approximate surface area is 186 Å². The number of carbonyl (C=O) groups excluding carboxylic acids is 2. The highest BCUT2D eigenvalue weighted by atomic mass is 19.1. The van der Waals surface area contributed by atoms with Gasteiger partial charge in [0.15, 0.2) is 0 Å². The zero-order valence-corrected chi connectivity index (χ0v) is 18.0. The summed E-state index contributed by atoms with van der Waals surface area (Å²) < 4.78 is 18.2. The zero-order valence-electron chi connectivity index (χ0n) is 18.0. The highest BCUT2D eigenvalue weighted by molar-refractivity contribution is 5.86. The van der Waals surface area contributed by atoms with Gasteiger partial charge in [0.05, 0.1) is 18.2 Å². The van der Waals surface area contributed by atoms with Crippen LogP contribution in [-0.4, -0.2) is 71.7 Å². The van der Waals surface area contributed by atoms with Gasteiger partial charge >= 0.3 is 0 Å². The third-order valence-corrected chi connectivity index (χ3v) is 7.12. The lowest BCUT2D eigenvalue weighted by Crippen LogP contribution is -2.86. The van der Waals surface area contributed by atoms with Crippen LogP contribution in [0.5, 0.6) is 0 Å². The van der Waals surface area contributed by atoms with E-state index in [1.165, 1.54) is 19.2 Å². The lowest BCUT2D eigenvalue weighted by molar-refractivity contribution is -0.205. The van der Waals surface area contributed by atoms with Gasteiger partial charge in [-0.25, -0.2) is 4.39 Å². The van der Waals surface area contributed by atoms with E-state index >= 15 is 0 Å². The number of carbonyl (C=O) groups is 2. The Morgan fingerprint density at radius 3 is 2.19 bits per heavy atom. The molecule has 0 bridgehead atoms. The standard InChI is InChI=1S/C25H27FN2O4/c1-32-13-22(30)27-14-25(15-27)23(21(12-29)28(25)24(31)19-6-7-19)18-4-2-16(3-5-18)17-8-10-20(26)11-9-17/h2-5,8-11,19,21,23,29H,6-7,12-15H2,1H3/t21-,23+/m0/s1. The van der Waals surface area contributed by atoms with E-state index in [-0.39, 0.29) is 48.7 Å². The highest BCUT2D eigenvalue weighted by Crippen LogP contribution is 2.55. The Hall–Kier alpha value is -2.77. The number of nitrogens with zero attached hydrogens (tertiary/aromatic N) is 2. The molecule has 32 heavy (non-hydrogen) atoms. The molecule has 2 amide bonds. The molecule has 2 aromatic rings. The van der Waals surface area contributed by atoms with Crippen molar-refractivity contribution in [2.24, 2.45) is 5.92 Å². The maximum absolute atomic E-state index is 13.2. The number of hydrogen-bond donors (Lipinski definition) is 1. The molecule has 0 aromatic heterocycles. The largest absolute Gasteiger partial charge is 0.394 e. The number of benzene rings is 2. The van der Waals surface area contributed by atoms with Crippen molar-refractivity contribution in [1.82, 2.24) is 9.80 Å². The van der Waals surface area contributed by atoms with E-state index in [1.54, 1.807) is 17.0 Å². The van der Waals surface area contributed by atoms with Gasteiger partial charge in [-0.2, -0.15) is 0 Å². The fourth-order valence-electron chi connectivity index (χ4n) is 5.41. The Balaban J connectivity index is 1.42. The summed E-state index contributed by atoms with van der Waals surface area (Å²) in [7, 11) is 1.49. The molecular weight excluding hydrogens is 411 g/mol. The van der Waals surface area contributed by atoms with E-state index < -0.39 is 5.54 Å². The van der Waals surface area contributed by atoms with Crippen LogP contribution in [0.2, 0.25) is 0 Å². The van der Waals surface area contributed by atoms with Crippen molar-refractivity contribution in [3.63, 3.8) is 0 Å². The number of likely N-dealkylation sites (tertiary alicyclic amines) is 2. The molecule has 1 aliphatic carbocycles. The first-order chi connectivity index (χ1) is 15.5. The first kappa shape index (κ1) is 21.1. The van der Waals surface area contributed by atoms with E-state index in [2.05, 4.69) is 0 Å². The molecule has 3 fully saturated rings. The molecular formula is C25H27FN2O4. The minimum atomic E-state index is -0.478. The number of aliphatic hydroxyl groups excluding tert-OH is 1. The van der Waals surface area contributed by atoms with Gasteiger partial charge in [-0.3, -0.25) is 9.59 Å². The molecule has 168 valence electrons. The molecule has 5 rings (SSSR count). The van der Waals surface area contributed by atoms with Crippen molar-refractivity contribution in [2.45, 2.75) is 30.3 Å². The molecule has 7 heteroatoms. The Morgan fingerprint density at radius 1 is 1.06 bits per heavy atom. The van der Waals surface area contributed by atoms with Crippen LogP contribution in [0.3, 0.4) is 0 Å². The minimum absolute atomic E-state index is 0.0209. The summed E-state index contributed by atoms with van der Waals surface area (Å²) in [5.74, 6) is -0.266. The number of amides is 2. The molecule has 1 spiro atoms. The fourth-order valence-corrected chi connectivity index (χ4v) is 5.41. The van der Waals surface area contributed by atoms with Gasteiger partial charge < -0.3 is 19.6 Å². The van der Waals surface area contributed by atoms with E-state index in [1.807, 2.05) is 29.2 Å². The maximum Gasteiger partial charge on any atom is 0.248 e. The van der Waals surface area contributed by atoms with Crippen LogP contribution in [0.4, 0.5) is 4.39 Å². The molecule has 2 aromatic carbocycles. The average molecular weight is 438 g/mol. The Kier molecular flexibility index (Phi) is 5.26. The summed E-state index contributed by atoms with van der Waals surface area (Å²) in [6.07, 6.45) is 1.79. The van der Waals surface area contributed by atoms with Crippen LogP contribution in [0.1, 0.15) is 24.3 Å². The van der Waals surface area contributed by atoms with Crippen molar-refractivity contribution in [3.8, 4) is 11.1 Å². The predicted molar refractivity (Wildman–Crippen MR) is 116 cm³/mol. The van der Waals surface area contributed by atoms with Crippen LogP contribution in [-0.2, 0) is 14.3 Å². The summed E-state index contributed by atoms with van der Waals surface area (Å²) in [4.78, 5) is 29.0. The van der Waals surface area contributed by atoms with E-state index in [0.717, 1.165) is 29.5 Å². The summed E-state index contributed by atoms with van der Waals surface area (Å²) in [5, 5.41) is 10.2. The Bertz CT molecular complexity index is 1010. The molecule has 2 heterocycles. The van der Waals surface area contributed by atoms with Gasteiger partial charge in [-0.05, 0) is 41.7 Å². The third-order valence-electron chi connectivity index (χ3n) is 7.12. The van der Waals surface area contributed by atoms with E-state index in [4.69, 9.17) is 4.74 Å². The van der Waals surface area contributed by atoms with Gasteiger partial charge in [-0.15, -0.1) is 0 Å². The van der Waals surface area contributed by atoms with Gasteiger partial charge in [0, 0.05) is 32.0 Å². The average Bonchev–Trinajstić information content (AvgIpc) is 3.59. The lowest BCUT2D eigenvalue weighted by Gasteiger charge is -2.70. The Morgan fingerprint density at radius 2 is 1.66 bits per heavy atom. The van der Waals surface area contributed by atoms with Crippen LogP contribution < -0.4 is 0 Å². The number of aliphatic hydroxyl groups is 1. The van der Waals surface area contributed by atoms with Crippen molar-refractivity contribution < 1.29 is 23.8 Å². The third kappa shape index (κ3) is 3.31. The summed E-state index contributed by atoms with van der Waals surface area (Å²) in [5.41, 5.74) is 2.45. The fraction of sp³-hybridized carbons (Fsp3) is 0.440. The van der Waals surface area contributed by atoms with E-state index in [0.29, 0.717) is 13.1 Å². The normalized spacial score (nSPS) is 23.6. The molecule has 2 atom stereocenters. The number of hydrogen-bond acceptors (Lipinski definition) is 4. The van der Waals surface area contributed by atoms with Crippen LogP contribution in [0.25, 0.3) is 11.1 Å². The quantitative estimate of drug-likeness (QED) is 0.752. The molecule has 6 nitrogen and oxygen atoms in total. The van der Waals surface area contributed by atoms with Gasteiger partial charge in [0.2, 0.25) is 11.8 Å². The molecule has 2 aliphatic heterocycles. The second-order valence-corrected chi connectivity index (χ2v) is 9.13. The van der Waals surface area contributed by atoms with Crippen LogP contribution in [0.15, 0.2) is 48.5 Å². The van der Waals surface area contributed by atoms with Crippen molar-refractivity contribution >= 4 is 11.8 Å². The van der Waals surface area contributed by atoms with Crippen LogP contribution in [0, 0.1) is 11.7 Å². The van der Waals surface area contributed by atoms with Crippen molar-refractivity contribution in [3.05, 3.63) is 59.9 Å². The topological polar surface area (TPSA) is 70.1 Å². The predicted octanol–water partition coefficient (Wildman–Crippen LogP) is 2.42. The van der Waals surface area contributed by atoms with E-state index in [9.17, 15) is 19.1 Å². The van der Waals surface area contributed by atoms with Crippen molar-refractivity contribution in [2.75, 3.05) is 33.4 Å². The number of halogens is 1. The van der Waals surface area contributed by atoms with Crippen molar-refractivity contribution in [1.29, 1.82) is 0 Å². The first-order valence-corrected chi connectivity index (χ1v) is 11.0. The molecule has 3 aliphatic rings. The number of methoxy groups -OCH3 is 1. The number of rotatable bonds is 6. The minimum Gasteiger partial charge on any atom is -0.394 e. The molecule has 1 saturated carbocycles. The second-order valence-electron chi connectivity index (χ2n) is 9.13. The monoisotopic (exact) mass is 438 g/mol. The molecule has 0 unspecified atom stereocenters. The second kappa shape index (κ2) is 7.98. The molecule has 0 radical (unpaired) electrons. The van der Waals surface area contributed by atoms with Gasteiger partial charge in [0.25, 0.3) is 0 Å². The smallest absolute Gasteiger partial charge is 0.248 e. The number of ether oxygens (including phenoxy) is 1. The van der Waals surface area contributed by atoms with Gasteiger partial charge in [0.1, 0.15) is 12.4 Å². The maximum atomic E-state index is 13.2. The highest BCUT2D eigenvalue weighted by Gasteiger charge is 2.68. The zero-order chi connectivity index (χ0) is 22.5. The SMILES string of the molecule is COCC(=O)N1CC2(C1)[C@H](c1ccc(-c3ccc(F)cc3)cc1)[C@H](CO)N2C(=O)C1CC1. The van der Waals surface area contributed by atoms with Crippen LogP contribution >= 0.6 is 0 Å². The first-order valence-electron chi connectivity index (χ1n) is 11.0. The summed E-state index contributed by atoms with van der Waals surface area (Å²) in [6.45, 7) is 0.812.